The number of anilines is 1. The molecule has 2 bridgehead atoms. The summed E-state index contributed by atoms with van der Waals surface area (Å²) in [6.07, 6.45) is 11.5. The van der Waals surface area contributed by atoms with Gasteiger partial charge in [0.1, 0.15) is 34.4 Å². The molecule has 0 radical (unpaired) electrons. The van der Waals surface area contributed by atoms with Crippen molar-refractivity contribution in [1.82, 2.24) is 4.57 Å². The Hall–Kier alpha value is -3.96. The first kappa shape index (κ1) is 38.3. The molecule has 11 heteroatoms. The molecule has 1 aromatic heterocycles. The van der Waals surface area contributed by atoms with Gasteiger partial charge in [-0.15, -0.1) is 0 Å². The molecule has 0 saturated carbocycles. The summed E-state index contributed by atoms with van der Waals surface area (Å²) in [5.74, 6) is 0.308. The van der Waals surface area contributed by atoms with Crippen LogP contribution in [0.4, 0.5) is 14.5 Å². The fourth-order valence-corrected chi connectivity index (χ4v) is 7.72. The number of piperidine rings is 3. The second kappa shape index (κ2) is 17.0. The van der Waals surface area contributed by atoms with Crippen molar-refractivity contribution in [2.45, 2.75) is 58.3 Å². The van der Waals surface area contributed by atoms with E-state index in [1.807, 2.05) is 0 Å². The van der Waals surface area contributed by atoms with E-state index in [0.717, 1.165) is 37.0 Å². The summed E-state index contributed by atoms with van der Waals surface area (Å²) in [5, 5.41) is 0.288. The molecular weight excluding hydrogens is 720 g/mol. The van der Waals surface area contributed by atoms with Gasteiger partial charge in [-0.2, -0.15) is 0 Å². The van der Waals surface area contributed by atoms with Crippen molar-refractivity contribution >= 4 is 22.5 Å². The van der Waals surface area contributed by atoms with Gasteiger partial charge in [0.2, 0.25) is 5.43 Å². The highest BCUT2D eigenvalue weighted by atomic mass is 79.9. The van der Waals surface area contributed by atoms with Crippen molar-refractivity contribution in [3.05, 3.63) is 88.2 Å². The number of nitrogens with zero attached hydrogens (tertiary/aromatic N) is 3. The molecule has 3 aromatic carbocycles. The highest BCUT2D eigenvalue weighted by Gasteiger charge is 2.38. The summed E-state index contributed by atoms with van der Waals surface area (Å²) in [6, 6.07) is 13.3. The monoisotopic (exact) mass is 767 g/mol. The number of methoxy groups -OCH3 is 2. The zero-order valence-corrected chi connectivity index (χ0v) is 31.4. The van der Waals surface area contributed by atoms with Crippen molar-refractivity contribution in [2.24, 2.45) is 5.92 Å². The van der Waals surface area contributed by atoms with Crippen LogP contribution in [0.2, 0.25) is 0 Å². The molecular formula is C40H48BrF2N3O5. The summed E-state index contributed by atoms with van der Waals surface area (Å²) in [4.78, 5) is 29.0. The van der Waals surface area contributed by atoms with E-state index in [1.54, 1.807) is 62.1 Å². The van der Waals surface area contributed by atoms with Gasteiger partial charge >= 0.3 is 0 Å². The van der Waals surface area contributed by atoms with Gasteiger partial charge < -0.3 is 45.1 Å². The van der Waals surface area contributed by atoms with Crippen LogP contribution < -0.4 is 41.5 Å². The second-order valence-electron chi connectivity index (χ2n) is 13.8. The van der Waals surface area contributed by atoms with Crippen molar-refractivity contribution in [3.8, 4) is 22.9 Å². The maximum Gasteiger partial charge on any atom is 0.263 e. The van der Waals surface area contributed by atoms with E-state index in [0.29, 0.717) is 35.1 Å². The molecule has 4 aromatic rings. The predicted molar refractivity (Wildman–Crippen MR) is 192 cm³/mol. The van der Waals surface area contributed by atoms with Crippen LogP contribution in [-0.4, -0.2) is 68.5 Å². The number of carbonyl (C=O) groups excluding carboxylic acids is 1. The lowest BCUT2D eigenvalue weighted by atomic mass is 9.85. The van der Waals surface area contributed by atoms with E-state index in [9.17, 15) is 18.4 Å². The first-order valence-electron chi connectivity index (χ1n) is 17.9. The number of amides is 1. The molecule has 7 rings (SSSR count). The van der Waals surface area contributed by atoms with Gasteiger partial charge in [0.25, 0.3) is 5.91 Å². The molecule has 8 nitrogen and oxygen atoms in total. The largest absolute Gasteiger partial charge is 1.00 e. The van der Waals surface area contributed by atoms with Gasteiger partial charge in [0, 0.05) is 54.1 Å². The van der Waals surface area contributed by atoms with Crippen LogP contribution in [0.1, 0.15) is 68.6 Å². The number of ether oxygens (including phenoxy) is 3. The topological polar surface area (TPSA) is 70.0 Å². The molecule has 51 heavy (non-hydrogen) atoms. The van der Waals surface area contributed by atoms with Crippen molar-refractivity contribution in [1.29, 1.82) is 0 Å². The van der Waals surface area contributed by atoms with E-state index in [4.69, 9.17) is 14.2 Å². The van der Waals surface area contributed by atoms with Gasteiger partial charge in [-0.3, -0.25) is 9.59 Å². The average molecular weight is 769 g/mol. The highest BCUT2D eigenvalue weighted by molar-refractivity contribution is 6.07. The molecule has 3 aliphatic rings. The van der Waals surface area contributed by atoms with Crippen LogP contribution >= 0.6 is 0 Å². The Labute approximate surface area is 309 Å². The summed E-state index contributed by atoms with van der Waals surface area (Å²) >= 11 is 0. The number of fused-ring (bicyclic) bond motifs is 4. The Morgan fingerprint density at radius 1 is 0.843 bits per heavy atom. The van der Waals surface area contributed by atoms with E-state index >= 15 is 0 Å². The third kappa shape index (κ3) is 8.75. The van der Waals surface area contributed by atoms with Crippen molar-refractivity contribution < 1.29 is 49.3 Å². The van der Waals surface area contributed by atoms with E-state index in [-0.39, 0.29) is 40.2 Å². The highest BCUT2D eigenvalue weighted by Crippen LogP contribution is 2.34. The molecule has 4 heterocycles. The maximum absolute atomic E-state index is 14.1. The van der Waals surface area contributed by atoms with Gasteiger partial charge in [-0.1, -0.05) is 12.8 Å². The SMILES string of the molecule is CCN(C(=O)c1cn(-c2cc(OC)cc(OC)c2)c2cc(OCCCCCCC[N+]34CCC(CC3)CC4)ccc2c1=O)c1cc(F)cc(F)c1.[Br-]. The Balaban J connectivity index is 0.00000504. The first-order valence-corrected chi connectivity index (χ1v) is 17.9. The molecule has 0 N–H and O–H groups in total. The minimum absolute atomic E-state index is 0. The number of quaternary nitrogens is 1. The number of hydrogen-bond donors (Lipinski definition) is 0. The molecule has 0 spiro atoms. The standard InChI is InChI=1S/C40H48F2N3O5.BrH/c1-4-43(31-21-29(41)20-30(42)22-31)40(47)37-27-44(32-23-34(48-2)25-35(24-32)49-3)38-26-33(10-11-36(38)39(37)46)50-19-9-7-5-6-8-15-45-16-12-28(13-17-45)14-18-45;/h10-11,20-28H,4-9,12-19H2,1-3H3;1H/q+1;/p-1. The number of rotatable bonds is 15. The molecule has 3 fully saturated rings. The number of pyridine rings is 1. The molecule has 0 aliphatic carbocycles. The lowest BCUT2D eigenvalue weighted by molar-refractivity contribution is -0.942. The van der Waals surface area contributed by atoms with Crippen molar-refractivity contribution in [2.75, 3.05) is 58.5 Å². The van der Waals surface area contributed by atoms with Gasteiger partial charge in [-0.25, -0.2) is 8.78 Å². The van der Waals surface area contributed by atoms with Crippen LogP contribution in [-0.2, 0) is 0 Å². The number of aromatic nitrogens is 1. The quantitative estimate of drug-likeness (QED) is 0.127. The molecule has 0 atom stereocenters. The number of benzene rings is 3. The lowest BCUT2D eigenvalue weighted by Crippen LogP contribution is -3.00. The number of carbonyl (C=O) groups is 1. The molecule has 3 saturated heterocycles. The fraction of sp³-hybridized carbons (Fsp3) is 0.450. The number of unbranched alkanes of at least 4 members (excludes halogenated alkanes) is 4. The molecule has 3 aliphatic heterocycles. The number of halogens is 3. The van der Waals surface area contributed by atoms with Crippen LogP contribution in [0, 0.1) is 17.6 Å². The zero-order valence-electron chi connectivity index (χ0n) is 29.8. The molecule has 1 amide bonds. The van der Waals surface area contributed by atoms with E-state index in [2.05, 4.69) is 0 Å². The third-order valence-electron chi connectivity index (χ3n) is 10.6. The number of hydrogen-bond acceptors (Lipinski definition) is 5. The second-order valence-corrected chi connectivity index (χ2v) is 13.8. The van der Waals surface area contributed by atoms with Crippen molar-refractivity contribution in [3.63, 3.8) is 0 Å². The summed E-state index contributed by atoms with van der Waals surface area (Å²) in [6.45, 7) is 7.79. The average Bonchev–Trinajstić information content (AvgIpc) is 3.13. The maximum atomic E-state index is 14.1. The predicted octanol–water partition coefficient (Wildman–Crippen LogP) is 4.92. The lowest BCUT2D eigenvalue weighted by Gasteiger charge is -2.49. The Morgan fingerprint density at radius 3 is 2.10 bits per heavy atom. The van der Waals surface area contributed by atoms with Gasteiger partial charge in [-0.05, 0) is 75.6 Å². The zero-order chi connectivity index (χ0) is 35.3. The Bertz CT molecular complexity index is 1840. The fourth-order valence-electron chi connectivity index (χ4n) is 7.72. The summed E-state index contributed by atoms with van der Waals surface area (Å²) in [7, 11) is 3.08. The Morgan fingerprint density at radius 2 is 1.47 bits per heavy atom. The first-order chi connectivity index (χ1) is 24.2. The minimum atomic E-state index is -0.821. The normalized spacial score (nSPS) is 17.9. The Kier molecular flexibility index (Phi) is 12.8. The molecule has 0 unspecified atom stereocenters. The van der Waals surface area contributed by atoms with E-state index in [1.165, 1.54) is 80.3 Å². The summed E-state index contributed by atoms with van der Waals surface area (Å²) < 4.78 is 48.5. The van der Waals surface area contributed by atoms with Crippen LogP contribution in [0.15, 0.2) is 65.6 Å². The summed E-state index contributed by atoms with van der Waals surface area (Å²) in [5.41, 5.74) is 0.458. The third-order valence-corrected chi connectivity index (χ3v) is 10.6. The van der Waals surface area contributed by atoms with E-state index < -0.39 is 23.0 Å². The van der Waals surface area contributed by atoms with Crippen LogP contribution in [0.5, 0.6) is 17.2 Å². The smallest absolute Gasteiger partial charge is 0.263 e. The van der Waals surface area contributed by atoms with Crippen LogP contribution in [0.25, 0.3) is 16.6 Å². The molecule has 274 valence electrons. The minimum Gasteiger partial charge on any atom is -1.00 e. The van der Waals surface area contributed by atoms with Gasteiger partial charge in [0.05, 0.1) is 58.2 Å². The van der Waals surface area contributed by atoms with Crippen LogP contribution in [0.3, 0.4) is 0 Å². The van der Waals surface area contributed by atoms with Gasteiger partial charge in [0.15, 0.2) is 0 Å².